The smallest absolute Gasteiger partial charge is 0.410 e. The second kappa shape index (κ2) is 41.8. The van der Waals surface area contributed by atoms with E-state index in [4.69, 9.17) is 62.9 Å². The van der Waals surface area contributed by atoms with Gasteiger partial charge in [0.05, 0.1) is 112 Å². The zero-order chi connectivity index (χ0) is 96.9. The van der Waals surface area contributed by atoms with Crippen molar-refractivity contribution in [2.24, 2.45) is 47.3 Å². The highest BCUT2D eigenvalue weighted by atomic mass is 16.6. The Bertz CT molecular complexity index is 6030. The first-order valence-corrected chi connectivity index (χ1v) is 46.6. The number of H-pyrrole nitrogens is 4. The summed E-state index contributed by atoms with van der Waals surface area (Å²) in [6, 6.07) is 25.2. The molecule has 135 heavy (non-hydrogen) atoms. The third-order valence-corrected chi connectivity index (χ3v) is 27.1. The number of fused-ring (bicyclic) bond motifs is 12. The number of carbonyl (C=O) groups excluding carboxylic acids is 8. The molecule has 8 amide bonds. The minimum Gasteiger partial charge on any atom is -0.488 e. The maximum Gasteiger partial charge on any atom is 0.410 e. The number of aromatic nitrogens is 8. The fraction of sp³-hybridized carbons (Fsp3) is 0.510. The van der Waals surface area contributed by atoms with Crippen LogP contribution < -0.4 is 30.7 Å². The van der Waals surface area contributed by atoms with Crippen molar-refractivity contribution < 1.29 is 90.9 Å². The highest BCUT2D eigenvalue weighted by Crippen LogP contribution is 2.48. The lowest BCUT2D eigenvalue weighted by Crippen LogP contribution is -2.51. The molecule has 10 aromatic rings. The van der Waals surface area contributed by atoms with Crippen LogP contribution in [0.5, 0.6) is 11.5 Å². The van der Waals surface area contributed by atoms with E-state index in [0.29, 0.717) is 83.5 Å². The number of methoxy groups -OCH3 is 6. The SMILES string of the molecule is CCC(C)[C@H](NC(=O)OC)C(=O)O.CC[C@H](C)C(NC(=O)OC)C(=O)N1C[C@@H](COC)C[C@H]1c1nc2c(ccc3cc4c(cc32)OCc2cc(-c3cnc(C5C[C@H](C)CN5C(=O)[C@@H](NC(=O)OC)C(C)C)[nH]3)ccc2-4)[nH]1.CC[C@H](C)[C@H](NC(=O)OC)C(=O)N1C[C@@H](C)CC1c1ncc(-c2ccc3c(c2)COc2cc4c(ccc5[nH]c([C@@H]6C[C@H](COC)CN6C(=O)OC(C)(C)C)nc54)cc2-3)[nH]1. The van der Waals surface area contributed by atoms with E-state index in [2.05, 4.69) is 133 Å². The van der Waals surface area contributed by atoms with E-state index >= 15 is 0 Å². The molecule has 6 aromatic carbocycles. The summed E-state index contributed by atoms with van der Waals surface area (Å²) < 4.78 is 48.5. The molecule has 35 heteroatoms. The molecule has 15 atom stereocenters. The highest BCUT2D eigenvalue weighted by Gasteiger charge is 2.47. The molecule has 16 rings (SSSR count). The van der Waals surface area contributed by atoms with E-state index in [1.165, 1.54) is 28.4 Å². The van der Waals surface area contributed by atoms with Gasteiger partial charge in [-0.2, -0.15) is 0 Å². The van der Waals surface area contributed by atoms with Crippen LogP contribution in [0.4, 0.5) is 24.0 Å². The minimum atomic E-state index is -1.04. The Morgan fingerprint density at radius 2 is 0.837 bits per heavy atom. The number of carboxylic acids is 1. The summed E-state index contributed by atoms with van der Waals surface area (Å²) in [5, 5.41) is 23.2. The van der Waals surface area contributed by atoms with Crippen LogP contribution in [-0.2, 0) is 65.5 Å². The molecule has 10 heterocycles. The molecular formula is C100H128N16O19. The number of amides is 8. The zero-order valence-corrected chi connectivity index (χ0v) is 80.5. The molecule has 722 valence electrons. The fourth-order valence-corrected chi connectivity index (χ4v) is 19.4. The van der Waals surface area contributed by atoms with Crippen molar-refractivity contribution in [1.82, 2.24) is 80.7 Å². The quantitative estimate of drug-likeness (QED) is 0.0240. The van der Waals surface area contributed by atoms with E-state index in [0.717, 1.165) is 148 Å². The van der Waals surface area contributed by atoms with Crippen LogP contribution in [0.25, 0.3) is 88.4 Å². The number of likely N-dealkylation sites (tertiary alicyclic amines) is 4. The molecule has 9 N–H and O–H groups in total. The molecule has 4 fully saturated rings. The molecule has 0 bridgehead atoms. The lowest BCUT2D eigenvalue weighted by atomic mass is 9.92. The van der Waals surface area contributed by atoms with Gasteiger partial charge in [-0.25, -0.2) is 48.7 Å². The standard InChI is InChI=1S/C47H58N8O8.C45H55N7O7.C8H15NO4/c1-9-26(5)40(53-47(59)62-8)45(57)55-21-27(22-60-6)15-37(55)43-49-34-13-11-28-17-33-31-12-10-29(16-30(31)23-63-38(33)18-32(28)41(34)51-43)35-19-48-42(50-35)36-14-25(4)20-54(36)44(56)39(24(2)3)52-46(58)61-7;1-9-25(3)38(50-43(54)57-8)42(53)51-20-24(2)14-35(51)40-46-19-34(48-40)28-10-12-30-29(16-28)23-58-37-18-31-27(17-32(30)37)11-13-33-39(31)49-41(47-33)36-15-26(22-56-7)21-52(36)44(55)59-45(4,5)6;1-4-5(2)6(7(10)11)9-8(12)13-3/h10-13,16-19,24-27,36-37,39-40H,9,14-15,20-23H2,1-8H3,(H,48,50)(H,49,51)(H,52,58)(H,53,59);10-13,16-19,24-26,35-36,38H,9,14-15,20-23H2,1-8H3,(H,46,48)(H,47,49)(H,50,54);5-6H,4H2,1-3H3,(H,9,12)(H,10,11)/t25-,26-,27-,36?,37-,39-,40?;24-,25-,26-,35?,36-,38-;5?,6-/m000/s1. The number of aliphatic carboxylic acids is 1. The predicted octanol–water partition coefficient (Wildman–Crippen LogP) is 16.4. The second-order valence-corrected chi connectivity index (χ2v) is 38.1. The number of rotatable bonds is 25. The van der Waals surface area contributed by atoms with Crippen molar-refractivity contribution >= 4 is 97.8 Å². The van der Waals surface area contributed by atoms with Gasteiger partial charge < -0.3 is 104 Å². The van der Waals surface area contributed by atoms with Crippen LogP contribution >= 0.6 is 0 Å². The Labute approximate surface area is 785 Å². The van der Waals surface area contributed by atoms with Crippen molar-refractivity contribution in [3.05, 3.63) is 132 Å². The van der Waals surface area contributed by atoms with Crippen LogP contribution in [0.1, 0.15) is 194 Å². The number of alkyl carbamates (subject to hydrolysis) is 4. The molecule has 35 nitrogen and oxygen atoms in total. The Hall–Kier alpha value is -13.1. The number of benzene rings is 6. The van der Waals surface area contributed by atoms with E-state index in [1.807, 2.05) is 108 Å². The number of carbonyl (C=O) groups is 9. The van der Waals surface area contributed by atoms with E-state index in [-0.39, 0.29) is 95.3 Å². The topological polar surface area (TPSA) is 433 Å². The van der Waals surface area contributed by atoms with Crippen LogP contribution in [0, 0.1) is 47.3 Å². The summed E-state index contributed by atoms with van der Waals surface area (Å²) in [4.78, 5) is 155. The first-order chi connectivity index (χ1) is 64.6. The Morgan fingerprint density at radius 1 is 0.459 bits per heavy atom. The summed E-state index contributed by atoms with van der Waals surface area (Å²) in [6.07, 6.45) is 5.67. The van der Waals surface area contributed by atoms with Crippen molar-refractivity contribution in [2.45, 2.75) is 202 Å². The van der Waals surface area contributed by atoms with Crippen LogP contribution in [0.15, 0.2) is 97.3 Å². The number of nitrogens with one attached hydrogen (secondary N) is 8. The van der Waals surface area contributed by atoms with Gasteiger partial charge in [0.15, 0.2) is 0 Å². The van der Waals surface area contributed by atoms with Crippen LogP contribution in [-0.4, -0.2) is 231 Å². The van der Waals surface area contributed by atoms with Gasteiger partial charge in [0, 0.05) is 74.1 Å². The first-order valence-electron chi connectivity index (χ1n) is 46.6. The minimum absolute atomic E-state index is 0.0690. The van der Waals surface area contributed by atoms with E-state index < -0.39 is 60.1 Å². The van der Waals surface area contributed by atoms with Crippen molar-refractivity contribution in [3.8, 4) is 56.3 Å². The van der Waals surface area contributed by atoms with Gasteiger partial charge in [0.1, 0.15) is 77.8 Å². The normalized spacial score (nSPS) is 20.4. The highest BCUT2D eigenvalue weighted by molar-refractivity contribution is 6.08. The van der Waals surface area contributed by atoms with Crippen LogP contribution in [0.2, 0.25) is 0 Å². The van der Waals surface area contributed by atoms with Gasteiger partial charge in [-0.3, -0.25) is 19.3 Å². The summed E-state index contributed by atoms with van der Waals surface area (Å²) in [7, 11) is 8.44. The second-order valence-electron chi connectivity index (χ2n) is 38.1. The lowest BCUT2D eigenvalue weighted by Gasteiger charge is -2.30. The number of aromatic amines is 4. The molecular weight excluding hydrogens is 1730 g/mol. The van der Waals surface area contributed by atoms with Gasteiger partial charge in [0.25, 0.3) is 0 Å². The van der Waals surface area contributed by atoms with Gasteiger partial charge in [-0.05, 0) is 175 Å². The molecule has 4 aromatic heterocycles. The summed E-state index contributed by atoms with van der Waals surface area (Å²) in [5.74, 6) is 3.24. The van der Waals surface area contributed by atoms with Gasteiger partial charge in [-0.15, -0.1) is 0 Å². The van der Waals surface area contributed by atoms with Crippen molar-refractivity contribution in [3.63, 3.8) is 0 Å². The third-order valence-electron chi connectivity index (χ3n) is 27.1. The summed E-state index contributed by atoms with van der Waals surface area (Å²) in [6.45, 7) is 29.2. The lowest BCUT2D eigenvalue weighted by molar-refractivity contribution is -0.141. The number of hydrogen-bond acceptors (Lipinski definition) is 22. The molecule has 0 spiro atoms. The van der Waals surface area contributed by atoms with Gasteiger partial charge in [-0.1, -0.05) is 125 Å². The Balaban J connectivity index is 0.000000191. The number of imidazole rings is 4. The van der Waals surface area contributed by atoms with Crippen LogP contribution in [0.3, 0.4) is 0 Å². The van der Waals surface area contributed by atoms with Gasteiger partial charge >= 0.3 is 36.4 Å². The molecule has 6 aliphatic rings. The average Bonchev–Trinajstić information content (AvgIpc) is 1.43. The summed E-state index contributed by atoms with van der Waals surface area (Å²) in [5.41, 5.74) is 12.6. The Morgan fingerprint density at radius 3 is 1.23 bits per heavy atom. The van der Waals surface area contributed by atoms with Crippen molar-refractivity contribution in [1.29, 1.82) is 0 Å². The average molecular weight is 1860 g/mol. The number of hydrogen-bond donors (Lipinski definition) is 9. The first kappa shape index (κ1) is 98.0. The fourth-order valence-electron chi connectivity index (χ4n) is 19.4. The number of ether oxygens (including phenoxy) is 9. The summed E-state index contributed by atoms with van der Waals surface area (Å²) >= 11 is 0. The Kier molecular flexibility index (Phi) is 30.4. The van der Waals surface area contributed by atoms with Crippen molar-refractivity contribution in [2.75, 3.05) is 82.1 Å². The van der Waals surface area contributed by atoms with Gasteiger partial charge in [0.2, 0.25) is 17.7 Å². The molecule has 4 unspecified atom stereocenters. The molecule has 6 aliphatic heterocycles. The van der Waals surface area contributed by atoms with E-state index in [9.17, 15) is 43.2 Å². The van der Waals surface area contributed by atoms with E-state index in [1.54, 1.807) is 26.0 Å². The molecule has 4 saturated heterocycles. The monoisotopic (exact) mass is 1860 g/mol. The molecule has 0 aliphatic carbocycles. The largest absolute Gasteiger partial charge is 0.488 e. The maximum absolute atomic E-state index is 14.2. The molecule has 0 radical (unpaired) electrons. The third kappa shape index (κ3) is 21.2. The zero-order valence-electron chi connectivity index (χ0n) is 80.5. The molecule has 0 saturated carbocycles. The predicted molar refractivity (Wildman–Crippen MR) is 507 cm³/mol. The maximum atomic E-state index is 14.2. The number of nitrogens with zero attached hydrogens (tertiary/aromatic N) is 8. The number of carboxylic acid groups (broad SMARTS) is 1.